The molecule has 9 heteroatoms. The molecule has 0 radical (unpaired) electrons. The molecule has 39 heavy (non-hydrogen) atoms. The summed E-state index contributed by atoms with van der Waals surface area (Å²) in [5.74, 6) is -1.59. The molecule has 0 atom stereocenters. The largest absolute Gasteiger partial charge is 0.464 e. The van der Waals surface area contributed by atoms with Gasteiger partial charge in [-0.1, -0.05) is 35.5 Å². The number of hydrogen-bond donors (Lipinski definition) is 0. The van der Waals surface area contributed by atoms with Crippen molar-refractivity contribution in [2.45, 2.75) is 34.2 Å². The van der Waals surface area contributed by atoms with Gasteiger partial charge in [-0.05, 0) is 42.8 Å². The van der Waals surface area contributed by atoms with Gasteiger partial charge in [0.05, 0.1) is 6.54 Å². The Morgan fingerprint density at radius 2 is 1.38 bits per heavy atom. The van der Waals surface area contributed by atoms with Crippen molar-refractivity contribution in [3.05, 3.63) is 82.9 Å². The highest BCUT2D eigenvalue weighted by atomic mass is 16.7. The second kappa shape index (κ2) is 11.7. The predicted molar refractivity (Wildman–Crippen MR) is 146 cm³/mol. The Bertz CT molecular complexity index is 1630. The number of carbonyl (C=O) groups is 4. The van der Waals surface area contributed by atoms with Gasteiger partial charge in [0.1, 0.15) is 18.9 Å². The summed E-state index contributed by atoms with van der Waals surface area (Å²) in [5.41, 5.74) is 4.51. The number of nitrogens with zero attached hydrogens (tertiary/aromatic N) is 2. The number of aryl methyl sites for hydroxylation is 1. The number of oxime groups is 1. The van der Waals surface area contributed by atoms with Crippen molar-refractivity contribution in [2.75, 3.05) is 13.2 Å². The van der Waals surface area contributed by atoms with Crippen LogP contribution in [0.3, 0.4) is 0 Å². The maximum atomic E-state index is 13.4. The standard InChI is InChI=1S/C30H28N2O7/c1-18-7-5-6-8-24(18)30(36)23-10-12-29-26(16-23)25-15-22(27(17-38-20(3)34)31-39-21(4)35)9-11-28(25)32(29)13-14-37-19(2)33/h5-12,15-16H,13-14,17H2,1-4H3/b31-27-. The van der Waals surface area contributed by atoms with Gasteiger partial charge in [-0.15, -0.1) is 0 Å². The van der Waals surface area contributed by atoms with Gasteiger partial charge in [-0.2, -0.15) is 0 Å². The van der Waals surface area contributed by atoms with Crippen LogP contribution in [0, 0.1) is 6.92 Å². The fourth-order valence-corrected chi connectivity index (χ4v) is 4.38. The van der Waals surface area contributed by atoms with E-state index in [0.717, 1.165) is 27.4 Å². The summed E-state index contributed by atoms with van der Waals surface area (Å²) in [5, 5.41) is 5.49. The number of esters is 2. The fourth-order valence-electron chi connectivity index (χ4n) is 4.38. The molecular formula is C30H28N2O7. The normalized spacial score (nSPS) is 11.4. The van der Waals surface area contributed by atoms with Crippen LogP contribution < -0.4 is 0 Å². The fraction of sp³-hybridized carbons (Fsp3) is 0.233. The molecule has 0 aliphatic carbocycles. The Labute approximate surface area is 224 Å². The minimum Gasteiger partial charge on any atom is -0.464 e. The van der Waals surface area contributed by atoms with Gasteiger partial charge in [-0.25, -0.2) is 4.79 Å². The molecule has 200 valence electrons. The van der Waals surface area contributed by atoms with E-state index in [0.29, 0.717) is 23.2 Å². The van der Waals surface area contributed by atoms with Gasteiger partial charge in [0.25, 0.3) is 0 Å². The highest BCUT2D eigenvalue weighted by Crippen LogP contribution is 2.32. The molecule has 0 unspecified atom stereocenters. The molecular weight excluding hydrogens is 500 g/mol. The number of rotatable bonds is 9. The molecule has 9 nitrogen and oxygen atoms in total. The molecule has 0 aliphatic heterocycles. The van der Waals surface area contributed by atoms with E-state index in [1.165, 1.54) is 20.8 Å². The Hall–Kier alpha value is -4.79. The maximum Gasteiger partial charge on any atom is 0.331 e. The predicted octanol–water partition coefficient (Wildman–Crippen LogP) is 4.73. The molecule has 0 spiro atoms. The van der Waals surface area contributed by atoms with Crippen LogP contribution >= 0.6 is 0 Å². The minimum atomic E-state index is -0.613. The van der Waals surface area contributed by atoms with E-state index in [9.17, 15) is 19.2 Å². The number of carbonyl (C=O) groups excluding carboxylic acids is 4. The smallest absolute Gasteiger partial charge is 0.331 e. The zero-order valence-electron chi connectivity index (χ0n) is 22.1. The molecule has 0 fully saturated rings. The highest BCUT2D eigenvalue weighted by molar-refractivity contribution is 6.16. The van der Waals surface area contributed by atoms with Crippen LogP contribution in [0.15, 0.2) is 65.8 Å². The Morgan fingerprint density at radius 1 is 0.769 bits per heavy atom. The summed E-state index contributed by atoms with van der Waals surface area (Å²) in [6.07, 6.45) is 0. The summed E-state index contributed by atoms with van der Waals surface area (Å²) in [6.45, 7) is 6.12. The van der Waals surface area contributed by atoms with Crippen LogP contribution in [0.2, 0.25) is 0 Å². The van der Waals surface area contributed by atoms with Crippen molar-refractivity contribution in [2.24, 2.45) is 5.16 Å². The summed E-state index contributed by atoms with van der Waals surface area (Å²) < 4.78 is 12.3. The minimum absolute atomic E-state index is 0.0982. The third kappa shape index (κ3) is 6.20. The van der Waals surface area contributed by atoms with Gasteiger partial charge in [-0.3, -0.25) is 14.4 Å². The maximum absolute atomic E-state index is 13.4. The van der Waals surface area contributed by atoms with Crippen molar-refractivity contribution in [1.29, 1.82) is 0 Å². The first-order chi connectivity index (χ1) is 18.7. The Balaban J connectivity index is 1.87. The first-order valence-corrected chi connectivity index (χ1v) is 12.3. The van der Waals surface area contributed by atoms with Crippen molar-refractivity contribution < 1.29 is 33.5 Å². The molecule has 3 aromatic carbocycles. The van der Waals surface area contributed by atoms with Crippen molar-refractivity contribution in [3.63, 3.8) is 0 Å². The van der Waals surface area contributed by atoms with E-state index in [1.807, 2.05) is 54.0 Å². The number of hydrogen-bond acceptors (Lipinski definition) is 8. The van der Waals surface area contributed by atoms with Crippen molar-refractivity contribution in [1.82, 2.24) is 4.57 Å². The summed E-state index contributed by atoms with van der Waals surface area (Å²) >= 11 is 0. The molecule has 0 amide bonds. The van der Waals surface area contributed by atoms with Gasteiger partial charge >= 0.3 is 17.9 Å². The average Bonchev–Trinajstić information content (AvgIpc) is 3.20. The van der Waals surface area contributed by atoms with Crippen LogP contribution in [0.1, 0.15) is 47.8 Å². The van der Waals surface area contributed by atoms with Crippen LogP contribution in [-0.4, -0.2) is 47.2 Å². The van der Waals surface area contributed by atoms with Crippen LogP contribution in [0.25, 0.3) is 21.8 Å². The van der Waals surface area contributed by atoms with Gasteiger partial charge in [0.15, 0.2) is 5.78 Å². The van der Waals surface area contributed by atoms with E-state index in [4.69, 9.17) is 14.3 Å². The van der Waals surface area contributed by atoms with Crippen molar-refractivity contribution >= 4 is 51.2 Å². The SMILES string of the molecule is CC(=O)OCCn1c2ccc(C(=O)c3ccccc3C)cc2c2cc(/C(COC(C)=O)=N\OC(C)=O)ccc21. The monoisotopic (exact) mass is 528 g/mol. The van der Waals surface area contributed by atoms with Crippen LogP contribution in [-0.2, 0) is 35.2 Å². The number of fused-ring (bicyclic) bond motifs is 3. The molecule has 1 heterocycles. The summed E-state index contributed by atoms with van der Waals surface area (Å²) in [6, 6.07) is 18.4. The molecule has 0 N–H and O–H groups in total. The third-order valence-electron chi connectivity index (χ3n) is 6.17. The zero-order chi connectivity index (χ0) is 28.1. The van der Waals surface area contributed by atoms with E-state index >= 15 is 0 Å². The molecule has 0 bridgehead atoms. The number of benzene rings is 3. The van der Waals surface area contributed by atoms with Crippen LogP contribution in [0.4, 0.5) is 0 Å². The summed E-state index contributed by atoms with van der Waals surface area (Å²) in [4.78, 5) is 52.4. The van der Waals surface area contributed by atoms with Crippen molar-refractivity contribution in [3.8, 4) is 0 Å². The lowest BCUT2D eigenvalue weighted by Crippen LogP contribution is -2.14. The zero-order valence-corrected chi connectivity index (χ0v) is 22.1. The molecule has 4 aromatic rings. The quantitative estimate of drug-likeness (QED) is 0.101. The number of ketones is 1. The number of aromatic nitrogens is 1. The lowest BCUT2D eigenvalue weighted by Gasteiger charge is -2.09. The second-order valence-electron chi connectivity index (χ2n) is 9.00. The lowest BCUT2D eigenvalue weighted by molar-refractivity contribution is -0.142. The molecule has 0 aliphatic rings. The molecule has 1 aromatic heterocycles. The van der Waals surface area contributed by atoms with Crippen LogP contribution in [0.5, 0.6) is 0 Å². The van der Waals surface area contributed by atoms with E-state index in [1.54, 1.807) is 18.2 Å². The first kappa shape index (κ1) is 27.3. The topological polar surface area (TPSA) is 113 Å². The summed E-state index contributed by atoms with van der Waals surface area (Å²) in [7, 11) is 0. The van der Waals surface area contributed by atoms with E-state index in [-0.39, 0.29) is 30.7 Å². The molecule has 4 rings (SSSR count). The van der Waals surface area contributed by atoms with Gasteiger partial charge < -0.3 is 18.9 Å². The lowest BCUT2D eigenvalue weighted by atomic mass is 9.97. The molecule has 0 saturated carbocycles. The third-order valence-corrected chi connectivity index (χ3v) is 6.17. The van der Waals surface area contributed by atoms with Gasteiger partial charge in [0.2, 0.25) is 0 Å². The Kier molecular flexibility index (Phi) is 8.19. The highest BCUT2D eigenvalue weighted by Gasteiger charge is 2.18. The molecule has 0 saturated heterocycles. The average molecular weight is 529 g/mol. The Morgan fingerprint density at radius 3 is 2.00 bits per heavy atom. The number of ether oxygens (including phenoxy) is 2. The van der Waals surface area contributed by atoms with E-state index in [2.05, 4.69) is 5.16 Å². The van der Waals surface area contributed by atoms with Gasteiger partial charge in [0, 0.05) is 59.3 Å². The first-order valence-electron chi connectivity index (χ1n) is 12.3. The second-order valence-corrected chi connectivity index (χ2v) is 9.00. The van der Waals surface area contributed by atoms with E-state index < -0.39 is 11.9 Å².